The molecule has 7 aromatic carbocycles. The van der Waals surface area contributed by atoms with Crippen LogP contribution in [0.5, 0.6) is 23.0 Å². The van der Waals surface area contributed by atoms with Crippen LogP contribution < -0.4 is 46.6 Å². The Labute approximate surface area is 316 Å². The predicted octanol–water partition coefficient (Wildman–Crippen LogP) is 5.77. The average molecular weight is 647 g/mol. The fourth-order valence-corrected chi connectivity index (χ4v) is 9.34. The molecule has 4 heteroatoms. The van der Waals surface area contributed by atoms with Crippen molar-refractivity contribution in [1.82, 2.24) is 0 Å². The maximum absolute atomic E-state index is 10.3. The number of benzene rings is 7. The number of para-hydroxylation sites is 2. The van der Waals surface area contributed by atoms with E-state index >= 15 is 0 Å². The van der Waals surface area contributed by atoms with Gasteiger partial charge in [-0.05, 0) is 68.3 Å². The van der Waals surface area contributed by atoms with Crippen LogP contribution in [0.2, 0.25) is 0 Å². The van der Waals surface area contributed by atoms with Gasteiger partial charge in [0.1, 0.15) is 23.0 Å². The van der Waals surface area contributed by atoms with Gasteiger partial charge in [0.05, 0.1) is 38.4 Å². The largest absolute Gasteiger partial charge is 0.458 e. The fourth-order valence-electron chi connectivity index (χ4n) is 5.78. The Kier molecular flexibility index (Phi) is 2.65. The van der Waals surface area contributed by atoms with Crippen molar-refractivity contribution in [2.24, 2.45) is 0 Å². The highest BCUT2D eigenvalue weighted by molar-refractivity contribution is 7.20. The van der Waals surface area contributed by atoms with Crippen molar-refractivity contribution in [1.29, 1.82) is 0 Å². The van der Waals surface area contributed by atoms with Crippen molar-refractivity contribution in [3.8, 4) is 34.1 Å². The Morgan fingerprint density at radius 3 is 1.70 bits per heavy atom. The van der Waals surface area contributed by atoms with E-state index in [1.54, 1.807) is 0 Å². The van der Waals surface area contributed by atoms with Crippen LogP contribution in [-0.4, -0.2) is 14.8 Å². The van der Waals surface area contributed by atoms with Crippen LogP contribution in [0, 0.1) is 6.92 Å². The molecule has 0 saturated heterocycles. The molecule has 222 valence electrons. The second-order valence-electron chi connectivity index (χ2n) is 10.3. The van der Waals surface area contributed by atoms with Gasteiger partial charge in [-0.25, -0.2) is 0 Å². The van der Waals surface area contributed by atoms with E-state index in [0.29, 0.717) is 0 Å². The molecule has 0 bridgehead atoms. The molecular weight excluding hydrogens is 587 g/mol. The summed E-state index contributed by atoms with van der Waals surface area (Å²) in [5.74, 6) is -2.80. The second kappa shape index (κ2) is 11.0. The molecular formula is C43H31BO2Si. The molecule has 47 heavy (non-hydrogen) atoms. The number of ether oxygens (including phenoxy) is 2. The number of hydrogen-bond acceptors (Lipinski definition) is 2. The Morgan fingerprint density at radius 1 is 0.489 bits per heavy atom. The molecule has 7 aromatic rings. The Hall–Kier alpha value is -5.58. The van der Waals surface area contributed by atoms with Crippen LogP contribution in [0.1, 0.15) is 43.9 Å². The summed E-state index contributed by atoms with van der Waals surface area (Å²) in [6, 6.07) is -29.4. The minimum absolute atomic E-state index is 0.340. The first-order chi connectivity index (χ1) is 34.9. The molecule has 2 aliphatic rings. The summed E-state index contributed by atoms with van der Waals surface area (Å²) < 4.78 is 268. The lowest BCUT2D eigenvalue weighted by molar-refractivity contribution is 0.465. The van der Waals surface area contributed by atoms with Gasteiger partial charge in [-0.1, -0.05) is 151 Å². The van der Waals surface area contributed by atoms with E-state index in [-0.39, 0.29) is 5.56 Å². The molecule has 0 radical (unpaired) electrons. The smallest absolute Gasteiger partial charge is 0.260 e. The van der Waals surface area contributed by atoms with E-state index in [4.69, 9.17) is 31.4 Å². The van der Waals surface area contributed by atoms with Crippen molar-refractivity contribution < 1.29 is 47.9 Å². The number of hydrogen-bond donors (Lipinski definition) is 0. The monoisotopic (exact) mass is 646 g/mol. The molecule has 9 rings (SSSR count). The van der Waals surface area contributed by atoms with E-state index < -0.39 is 255 Å². The zero-order valence-corrected chi connectivity index (χ0v) is 24.9. The van der Waals surface area contributed by atoms with Gasteiger partial charge in [0.15, 0.2) is 8.07 Å². The third-order valence-electron chi connectivity index (χ3n) is 7.78. The van der Waals surface area contributed by atoms with Gasteiger partial charge in [0, 0.05) is 11.0 Å². The summed E-state index contributed by atoms with van der Waals surface area (Å²) in [6.45, 7) is -0.637. The van der Waals surface area contributed by atoms with Crippen LogP contribution in [0.4, 0.5) is 0 Å². The molecule has 0 spiro atoms. The zero-order valence-electron chi connectivity index (χ0n) is 51.9. The first-order valence-electron chi connectivity index (χ1n) is 27.9. The van der Waals surface area contributed by atoms with Crippen LogP contribution in [0.3, 0.4) is 0 Å². The third-order valence-corrected chi connectivity index (χ3v) is 11.8. The molecule has 0 fully saturated rings. The highest BCUT2D eigenvalue weighted by atomic mass is 28.3. The van der Waals surface area contributed by atoms with Gasteiger partial charge in [0.25, 0.3) is 6.71 Å². The van der Waals surface area contributed by atoms with Gasteiger partial charge >= 0.3 is 0 Å². The maximum Gasteiger partial charge on any atom is 0.260 e. The van der Waals surface area contributed by atoms with Crippen LogP contribution in [0.15, 0.2) is 169 Å². The first-order valence-corrected chi connectivity index (χ1v) is 15.9. The molecule has 0 atom stereocenters. The van der Waals surface area contributed by atoms with Gasteiger partial charge in [-0.2, -0.15) is 0 Å². The van der Waals surface area contributed by atoms with E-state index in [9.17, 15) is 16.4 Å². The third kappa shape index (κ3) is 4.33. The Bertz CT molecular complexity index is 3590. The zero-order chi connectivity index (χ0) is 55.7. The average Bonchev–Trinajstić information content (AvgIpc) is 3.38. The normalized spacial score (nSPS) is 21.0. The lowest BCUT2D eigenvalue weighted by Crippen LogP contribution is -2.74. The van der Waals surface area contributed by atoms with Crippen molar-refractivity contribution in [3.63, 3.8) is 0 Å². The molecule has 0 unspecified atom stereocenters. The molecule has 0 N–H and O–H groups in total. The van der Waals surface area contributed by atoms with Gasteiger partial charge in [-0.15, -0.1) is 0 Å². The molecule has 2 aliphatic heterocycles. The molecule has 0 aromatic heterocycles. The second-order valence-corrected chi connectivity index (χ2v) is 13.8. The quantitative estimate of drug-likeness (QED) is 0.175. The van der Waals surface area contributed by atoms with E-state index in [0.717, 1.165) is 0 Å². The van der Waals surface area contributed by atoms with Gasteiger partial charge < -0.3 is 9.47 Å². The molecule has 0 saturated carbocycles. The summed E-state index contributed by atoms with van der Waals surface area (Å²) in [4.78, 5) is 0. The van der Waals surface area contributed by atoms with Crippen LogP contribution in [0.25, 0.3) is 11.1 Å². The highest BCUT2D eigenvalue weighted by Crippen LogP contribution is 2.40. The van der Waals surface area contributed by atoms with Gasteiger partial charge in [0.2, 0.25) is 0 Å². The van der Waals surface area contributed by atoms with Crippen molar-refractivity contribution in [3.05, 3.63) is 175 Å². The lowest BCUT2D eigenvalue weighted by atomic mass is 9.34. The maximum atomic E-state index is 10.3. The Morgan fingerprint density at radius 2 is 1.04 bits per heavy atom. The predicted molar refractivity (Wildman–Crippen MR) is 198 cm³/mol. The molecule has 2 heterocycles. The topological polar surface area (TPSA) is 18.5 Å². The fraction of sp³-hybridized carbons (Fsp3) is 0.0233. The standard InChI is InChI=1S/C43H31BO2Si/c1-30-23-25-34(26-24-30)47(32-14-4-2-5-15-32,33-16-6-3-7-17-33)35-18-12-13-31(29-35)36-27-28-41-42-43(36)46-40-22-11-9-20-38(40)44(42)37-19-8-10-21-39(37)45-41/h2-29H,1H3/i2D,3D,4D,5D,6D,7D,8D,9D,10D,11D,12D,13D,14D,15D,16D,17D,18D,19D,20D,21D,22D,23D,24D,25D,26D,27D,28D,29D. The molecule has 2 nitrogen and oxygen atoms in total. The minimum atomic E-state index is -6.33. The lowest BCUT2D eigenvalue weighted by Gasteiger charge is -2.35. The van der Waals surface area contributed by atoms with Crippen LogP contribution >= 0.6 is 0 Å². The van der Waals surface area contributed by atoms with E-state index in [1.807, 2.05) is 0 Å². The van der Waals surface area contributed by atoms with Crippen molar-refractivity contribution >= 4 is 51.9 Å². The summed E-state index contributed by atoms with van der Waals surface area (Å²) in [5, 5.41) is -4.38. The van der Waals surface area contributed by atoms with E-state index in [2.05, 4.69) is 0 Å². The van der Waals surface area contributed by atoms with Crippen molar-refractivity contribution in [2.45, 2.75) is 6.92 Å². The summed E-state index contributed by atoms with van der Waals surface area (Å²) in [7, 11) is -6.33. The summed E-state index contributed by atoms with van der Waals surface area (Å²) in [5.41, 5.74) is -3.65. The summed E-state index contributed by atoms with van der Waals surface area (Å²) >= 11 is 0. The molecule has 0 aliphatic carbocycles. The first kappa shape index (κ1) is 11.3. The van der Waals surface area contributed by atoms with Crippen molar-refractivity contribution in [2.75, 3.05) is 0 Å². The number of rotatable bonds is 5. The SMILES string of the molecule is [2H]c1c([2H])c([2H])c([Si](c2c([2H])c([2H])c([2H])c([2H])c2[2H])(c2c([2H])c([2H])c(C)c([2H])c2[2H])c2c([2H])c([2H])c([2H])c(-c3c([2H])c([2H])c4c5c3Oc3c([2H])c([2H])c([2H])c([2H])c3B5c3c([2H])c([2H])c([2H])c([2H])c3O4)c2[2H])c([2H])c1[2H]. The van der Waals surface area contributed by atoms with Crippen LogP contribution in [-0.2, 0) is 0 Å². The summed E-state index contributed by atoms with van der Waals surface area (Å²) in [6.07, 6.45) is 0. The highest BCUT2D eigenvalue weighted by Gasteiger charge is 2.43. The number of fused-ring (bicyclic) bond motifs is 4. The van der Waals surface area contributed by atoms with E-state index in [1.165, 1.54) is 6.92 Å². The Balaban J connectivity index is 1.60. The molecule has 0 amide bonds. The minimum Gasteiger partial charge on any atom is -0.458 e. The van der Waals surface area contributed by atoms with Gasteiger partial charge in [-0.3, -0.25) is 0 Å².